The van der Waals surface area contributed by atoms with Crippen molar-refractivity contribution in [2.24, 2.45) is 5.92 Å². The Labute approximate surface area is 107 Å². The molecule has 1 aliphatic heterocycles. The Bertz CT molecular complexity index is 455. The number of cyclic esters (lactones) is 1. The van der Waals surface area contributed by atoms with Crippen LogP contribution in [-0.4, -0.2) is 22.9 Å². The maximum atomic E-state index is 12.0. The summed E-state index contributed by atoms with van der Waals surface area (Å²) in [6.07, 6.45) is -0.920. The molecule has 4 heteroatoms. The Balaban J connectivity index is 2.24. The minimum absolute atomic E-state index is 0.189. The van der Waals surface area contributed by atoms with E-state index >= 15 is 0 Å². The summed E-state index contributed by atoms with van der Waals surface area (Å²) in [6.45, 7) is 5.39. The number of ether oxygens (including phenoxy) is 1. The van der Waals surface area contributed by atoms with Crippen molar-refractivity contribution >= 4 is 12.0 Å². The van der Waals surface area contributed by atoms with Gasteiger partial charge >= 0.3 is 6.09 Å². The van der Waals surface area contributed by atoms with Crippen molar-refractivity contribution in [1.82, 2.24) is 4.90 Å². The summed E-state index contributed by atoms with van der Waals surface area (Å²) in [7, 11) is 0. The quantitative estimate of drug-likeness (QED) is 0.807. The maximum absolute atomic E-state index is 12.0. The van der Waals surface area contributed by atoms with Gasteiger partial charge in [0.25, 0.3) is 0 Å². The van der Waals surface area contributed by atoms with Gasteiger partial charge in [-0.15, -0.1) is 0 Å². The lowest BCUT2D eigenvalue weighted by molar-refractivity contribution is -0.132. The van der Waals surface area contributed by atoms with Crippen molar-refractivity contribution in [3.8, 4) is 0 Å². The van der Waals surface area contributed by atoms with E-state index in [1.54, 1.807) is 13.8 Å². The van der Waals surface area contributed by atoms with Crippen molar-refractivity contribution < 1.29 is 14.3 Å². The molecule has 0 aromatic heterocycles. The molecular formula is C14H17NO3. The maximum Gasteiger partial charge on any atom is 0.417 e. The molecule has 2 amide bonds. The van der Waals surface area contributed by atoms with Gasteiger partial charge in [0.05, 0.1) is 6.04 Å². The summed E-state index contributed by atoms with van der Waals surface area (Å²) >= 11 is 0. The average molecular weight is 247 g/mol. The zero-order valence-electron chi connectivity index (χ0n) is 10.8. The van der Waals surface area contributed by atoms with Gasteiger partial charge in [0.1, 0.15) is 6.10 Å². The Morgan fingerprint density at radius 1 is 1.28 bits per heavy atom. The molecule has 0 bridgehead atoms. The van der Waals surface area contributed by atoms with Gasteiger partial charge in [-0.3, -0.25) is 4.79 Å². The molecule has 18 heavy (non-hydrogen) atoms. The smallest absolute Gasteiger partial charge is 0.417 e. The van der Waals surface area contributed by atoms with E-state index < -0.39 is 6.09 Å². The van der Waals surface area contributed by atoms with Gasteiger partial charge in [-0.05, 0) is 12.5 Å². The number of carbonyl (C=O) groups is 2. The van der Waals surface area contributed by atoms with E-state index in [0.29, 0.717) is 0 Å². The summed E-state index contributed by atoms with van der Waals surface area (Å²) in [4.78, 5) is 25.0. The highest BCUT2D eigenvalue weighted by Gasteiger charge is 2.43. The molecule has 0 radical (unpaired) electrons. The Morgan fingerprint density at radius 2 is 1.89 bits per heavy atom. The molecule has 1 aromatic carbocycles. The molecule has 1 aromatic rings. The second kappa shape index (κ2) is 4.80. The fourth-order valence-electron chi connectivity index (χ4n) is 2.12. The largest absolute Gasteiger partial charge is 0.439 e. The third kappa shape index (κ3) is 2.10. The van der Waals surface area contributed by atoms with Gasteiger partial charge in [-0.25, -0.2) is 9.69 Å². The average Bonchev–Trinajstić information content (AvgIpc) is 2.65. The summed E-state index contributed by atoms with van der Waals surface area (Å²) in [5, 5.41) is 0. The van der Waals surface area contributed by atoms with Crippen LogP contribution in [0.5, 0.6) is 0 Å². The van der Waals surface area contributed by atoms with Crippen molar-refractivity contribution in [3.63, 3.8) is 0 Å². The fraction of sp³-hybridized carbons (Fsp3) is 0.429. The second-order valence-corrected chi connectivity index (χ2v) is 4.82. The van der Waals surface area contributed by atoms with E-state index in [-0.39, 0.29) is 24.0 Å². The molecule has 96 valence electrons. The van der Waals surface area contributed by atoms with E-state index in [2.05, 4.69) is 0 Å². The molecule has 0 spiro atoms. The molecule has 0 saturated carbocycles. The van der Waals surface area contributed by atoms with E-state index in [0.717, 1.165) is 5.56 Å². The molecule has 1 aliphatic rings. The van der Waals surface area contributed by atoms with E-state index in [4.69, 9.17) is 4.74 Å². The first-order valence-corrected chi connectivity index (χ1v) is 6.11. The molecule has 2 unspecified atom stereocenters. The third-order valence-electron chi connectivity index (χ3n) is 3.13. The van der Waals surface area contributed by atoms with Crippen molar-refractivity contribution in [1.29, 1.82) is 0 Å². The minimum atomic E-state index is -0.546. The van der Waals surface area contributed by atoms with E-state index in [1.807, 2.05) is 37.3 Å². The van der Waals surface area contributed by atoms with Crippen LogP contribution in [0.15, 0.2) is 30.3 Å². The first-order chi connectivity index (χ1) is 8.52. The van der Waals surface area contributed by atoms with Gasteiger partial charge in [0, 0.05) is 5.92 Å². The molecule has 2 atom stereocenters. The van der Waals surface area contributed by atoms with Gasteiger partial charge < -0.3 is 4.74 Å². The second-order valence-electron chi connectivity index (χ2n) is 4.82. The zero-order chi connectivity index (χ0) is 13.3. The summed E-state index contributed by atoms with van der Waals surface area (Å²) in [5.74, 6) is -0.402. The lowest BCUT2D eigenvalue weighted by Crippen LogP contribution is -2.40. The van der Waals surface area contributed by atoms with Gasteiger partial charge in [0.15, 0.2) is 0 Å². The van der Waals surface area contributed by atoms with Crippen molar-refractivity contribution in [3.05, 3.63) is 35.9 Å². The number of hydrogen-bond donors (Lipinski definition) is 0. The predicted molar refractivity (Wildman–Crippen MR) is 66.8 cm³/mol. The highest BCUT2D eigenvalue weighted by molar-refractivity contribution is 5.94. The molecule has 4 nitrogen and oxygen atoms in total. The van der Waals surface area contributed by atoms with Crippen LogP contribution in [0.25, 0.3) is 0 Å². The minimum Gasteiger partial charge on any atom is -0.439 e. The van der Waals surface area contributed by atoms with Crippen molar-refractivity contribution in [2.45, 2.75) is 32.9 Å². The van der Waals surface area contributed by atoms with Crippen LogP contribution in [0.2, 0.25) is 0 Å². The van der Waals surface area contributed by atoms with E-state index in [9.17, 15) is 9.59 Å². The number of imide groups is 1. The number of hydrogen-bond acceptors (Lipinski definition) is 3. The van der Waals surface area contributed by atoms with Gasteiger partial charge in [-0.2, -0.15) is 0 Å². The topological polar surface area (TPSA) is 46.6 Å². The monoisotopic (exact) mass is 247 g/mol. The molecule has 0 aliphatic carbocycles. The van der Waals surface area contributed by atoms with Crippen LogP contribution in [0.1, 0.15) is 32.4 Å². The summed E-state index contributed by atoms with van der Waals surface area (Å²) < 4.78 is 5.31. The van der Waals surface area contributed by atoms with Crippen LogP contribution in [-0.2, 0) is 9.53 Å². The van der Waals surface area contributed by atoms with Crippen LogP contribution >= 0.6 is 0 Å². The first kappa shape index (κ1) is 12.6. The molecule has 1 heterocycles. The van der Waals surface area contributed by atoms with Crippen LogP contribution in [0.3, 0.4) is 0 Å². The number of carbonyl (C=O) groups excluding carboxylic acids is 2. The number of amides is 2. The van der Waals surface area contributed by atoms with Crippen molar-refractivity contribution in [2.75, 3.05) is 0 Å². The lowest BCUT2D eigenvalue weighted by Gasteiger charge is -2.20. The molecule has 2 rings (SSSR count). The standard InChI is InChI=1S/C14H17NO3/c1-9(2)13(16)15-10(3)12(18-14(15)17)11-7-5-4-6-8-11/h4-10,12H,1-3H3. The lowest BCUT2D eigenvalue weighted by atomic mass is 10.0. The molecule has 1 fully saturated rings. The van der Waals surface area contributed by atoms with Gasteiger partial charge in [0.2, 0.25) is 5.91 Å². The molecule has 1 saturated heterocycles. The number of nitrogens with zero attached hydrogens (tertiary/aromatic N) is 1. The van der Waals surface area contributed by atoms with Crippen LogP contribution in [0, 0.1) is 5.92 Å². The predicted octanol–water partition coefficient (Wildman–Crippen LogP) is 2.75. The molecular weight excluding hydrogens is 230 g/mol. The number of benzene rings is 1. The summed E-state index contributed by atoms with van der Waals surface area (Å²) in [6, 6.07) is 9.22. The van der Waals surface area contributed by atoms with Crippen LogP contribution < -0.4 is 0 Å². The fourth-order valence-corrected chi connectivity index (χ4v) is 2.12. The Kier molecular flexibility index (Phi) is 3.36. The van der Waals surface area contributed by atoms with E-state index in [1.165, 1.54) is 4.90 Å². The highest BCUT2D eigenvalue weighted by atomic mass is 16.6. The Hall–Kier alpha value is -1.84. The highest BCUT2D eigenvalue weighted by Crippen LogP contribution is 2.32. The third-order valence-corrected chi connectivity index (χ3v) is 3.13. The Morgan fingerprint density at radius 3 is 2.44 bits per heavy atom. The van der Waals surface area contributed by atoms with Crippen LogP contribution in [0.4, 0.5) is 4.79 Å². The number of rotatable bonds is 2. The molecule has 0 N–H and O–H groups in total. The SMILES string of the molecule is CC(C)C(=O)N1C(=O)OC(c2ccccc2)C1C. The van der Waals surface area contributed by atoms with Gasteiger partial charge in [-0.1, -0.05) is 44.2 Å². The normalized spacial score (nSPS) is 23.3. The zero-order valence-corrected chi connectivity index (χ0v) is 10.8. The summed E-state index contributed by atoms with van der Waals surface area (Å²) in [5.41, 5.74) is 0.914. The first-order valence-electron chi connectivity index (χ1n) is 6.11.